The predicted molar refractivity (Wildman–Crippen MR) is 132 cm³/mol. The molecule has 0 bridgehead atoms. The lowest BCUT2D eigenvalue weighted by Crippen LogP contribution is -2.32. The van der Waals surface area contributed by atoms with Gasteiger partial charge >= 0.3 is 6.09 Å². The van der Waals surface area contributed by atoms with Crippen LogP contribution in [-0.4, -0.2) is 68.4 Å². The molecule has 0 fully saturated rings. The van der Waals surface area contributed by atoms with Gasteiger partial charge in [-0.1, -0.05) is 29.0 Å². The molecule has 0 saturated heterocycles. The third-order valence-electron chi connectivity index (χ3n) is 4.64. The molecule has 2 rings (SSSR count). The Balaban J connectivity index is 1.33. The number of carbonyl (C=O) groups is 2. The SMILES string of the molecule is O=C(CCSSc1ccccn1)NCCOCCOCCNC(=O)OC1CC/C=C/CCC1. The first-order valence-electron chi connectivity index (χ1n) is 11.5. The first-order chi connectivity index (χ1) is 16.2. The van der Waals surface area contributed by atoms with Gasteiger partial charge in [-0.3, -0.25) is 4.79 Å². The number of aromatic nitrogens is 1. The quantitative estimate of drug-likeness (QED) is 0.213. The first-order valence-corrected chi connectivity index (χ1v) is 13.8. The Morgan fingerprint density at radius 3 is 2.58 bits per heavy atom. The van der Waals surface area contributed by atoms with E-state index in [1.165, 1.54) is 0 Å². The summed E-state index contributed by atoms with van der Waals surface area (Å²) in [6.45, 7) is 2.58. The van der Waals surface area contributed by atoms with Gasteiger partial charge in [0.1, 0.15) is 11.1 Å². The van der Waals surface area contributed by atoms with Crippen LogP contribution in [0.4, 0.5) is 4.79 Å². The van der Waals surface area contributed by atoms with Gasteiger partial charge in [-0.2, -0.15) is 0 Å². The van der Waals surface area contributed by atoms with Crippen LogP contribution in [0.2, 0.25) is 0 Å². The van der Waals surface area contributed by atoms with E-state index in [1.54, 1.807) is 27.8 Å². The second-order valence-electron chi connectivity index (χ2n) is 7.33. The largest absolute Gasteiger partial charge is 0.446 e. The summed E-state index contributed by atoms with van der Waals surface area (Å²) in [7, 11) is 3.18. The molecule has 0 saturated carbocycles. The number of rotatable bonds is 15. The molecular formula is C23H35N3O5S2. The zero-order valence-corrected chi connectivity index (χ0v) is 20.7. The zero-order chi connectivity index (χ0) is 23.4. The fraction of sp³-hybridized carbons (Fsp3) is 0.609. The predicted octanol–water partition coefficient (Wildman–Crippen LogP) is 3.98. The third kappa shape index (κ3) is 14.9. The maximum atomic E-state index is 11.8. The second-order valence-corrected chi connectivity index (χ2v) is 9.77. The summed E-state index contributed by atoms with van der Waals surface area (Å²) in [5, 5.41) is 6.50. The number of amides is 2. The number of hydrogen-bond acceptors (Lipinski definition) is 8. The maximum absolute atomic E-state index is 11.8. The van der Waals surface area contributed by atoms with Crippen LogP contribution in [0.3, 0.4) is 0 Å². The Bertz CT molecular complexity index is 694. The average Bonchev–Trinajstić information content (AvgIpc) is 2.80. The number of ether oxygens (including phenoxy) is 3. The molecule has 0 radical (unpaired) electrons. The molecule has 1 heterocycles. The maximum Gasteiger partial charge on any atom is 0.407 e. The highest BCUT2D eigenvalue weighted by Gasteiger charge is 2.14. The van der Waals surface area contributed by atoms with E-state index in [2.05, 4.69) is 27.8 Å². The van der Waals surface area contributed by atoms with Crippen LogP contribution in [-0.2, 0) is 19.0 Å². The van der Waals surface area contributed by atoms with E-state index in [1.807, 2.05) is 18.2 Å². The van der Waals surface area contributed by atoms with Crippen molar-refractivity contribution in [2.24, 2.45) is 0 Å². The summed E-state index contributed by atoms with van der Waals surface area (Å²) < 4.78 is 16.3. The number of allylic oxidation sites excluding steroid dienone is 2. The Hall–Kier alpha value is -1.75. The normalized spacial score (nSPS) is 16.9. The van der Waals surface area contributed by atoms with Crippen molar-refractivity contribution in [3.8, 4) is 0 Å². The molecule has 0 spiro atoms. The lowest BCUT2D eigenvalue weighted by atomic mass is 10.0. The fourth-order valence-corrected chi connectivity index (χ4v) is 4.84. The monoisotopic (exact) mass is 497 g/mol. The molecule has 1 aromatic rings. The number of nitrogens with one attached hydrogen (secondary N) is 2. The van der Waals surface area contributed by atoms with Crippen molar-refractivity contribution in [2.45, 2.75) is 49.7 Å². The number of pyridine rings is 1. The Morgan fingerprint density at radius 1 is 1.00 bits per heavy atom. The number of alkyl carbamates (subject to hydrolysis) is 1. The fourth-order valence-electron chi connectivity index (χ4n) is 2.97. The number of hydrogen-bond donors (Lipinski definition) is 2. The molecule has 184 valence electrons. The summed E-state index contributed by atoms with van der Waals surface area (Å²) in [5.41, 5.74) is 0. The van der Waals surface area contributed by atoms with Gasteiger partial charge in [-0.05, 0) is 55.0 Å². The Labute approximate surface area is 204 Å². The minimum absolute atomic E-state index is 0.00556. The van der Waals surface area contributed by atoms with Gasteiger partial charge in [0.05, 0.1) is 26.4 Å². The van der Waals surface area contributed by atoms with E-state index in [4.69, 9.17) is 14.2 Å². The van der Waals surface area contributed by atoms with Crippen LogP contribution in [0.25, 0.3) is 0 Å². The zero-order valence-electron chi connectivity index (χ0n) is 19.0. The van der Waals surface area contributed by atoms with E-state index in [9.17, 15) is 9.59 Å². The second kappa shape index (κ2) is 18.7. The topological polar surface area (TPSA) is 98.8 Å². The van der Waals surface area contributed by atoms with E-state index in [0.717, 1.165) is 42.9 Å². The highest BCUT2D eigenvalue weighted by Crippen LogP contribution is 2.29. The Morgan fingerprint density at radius 2 is 1.79 bits per heavy atom. The van der Waals surface area contributed by atoms with Crippen LogP contribution >= 0.6 is 21.6 Å². The van der Waals surface area contributed by atoms with E-state index in [0.29, 0.717) is 45.9 Å². The number of nitrogens with zero attached hydrogens (tertiary/aromatic N) is 1. The van der Waals surface area contributed by atoms with Crippen LogP contribution < -0.4 is 10.6 Å². The molecule has 1 unspecified atom stereocenters. The van der Waals surface area contributed by atoms with Crippen molar-refractivity contribution in [2.75, 3.05) is 45.3 Å². The van der Waals surface area contributed by atoms with Crippen molar-refractivity contribution < 1.29 is 23.8 Å². The van der Waals surface area contributed by atoms with Gasteiger partial charge in [-0.25, -0.2) is 9.78 Å². The molecule has 2 N–H and O–H groups in total. The van der Waals surface area contributed by atoms with Crippen LogP contribution in [0.5, 0.6) is 0 Å². The molecule has 10 heteroatoms. The third-order valence-corrected chi connectivity index (χ3v) is 6.91. The smallest absolute Gasteiger partial charge is 0.407 e. The van der Waals surface area contributed by atoms with Crippen molar-refractivity contribution in [3.63, 3.8) is 0 Å². The molecule has 1 aliphatic rings. The summed E-state index contributed by atoms with van der Waals surface area (Å²) >= 11 is 0. The molecule has 0 aromatic carbocycles. The molecule has 1 atom stereocenters. The minimum atomic E-state index is -0.381. The van der Waals surface area contributed by atoms with Crippen LogP contribution in [0, 0.1) is 0 Å². The standard InChI is InChI=1S/C23H35N3O5S2/c27-21(11-19-32-33-22-10-6-7-12-25-22)24-13-15-29-17-18-30-16-14-26-23(28)31-20-8-4-2-1-3-5-9-20/h1-2,6-7,10,12,20H,3-5,8-9,11,13-19H2,(H,24,27)(H,26,28)/b2-1+. The molecule has 0 aliphatic heterocycles. The van der Waals surface area contributed by atoms with Gasteiger partial charge < -0.3 is 24.8 Å². The lowest BCUT2D eigenvalue weighted by Gasteiger charge is -2.18. The van der Waals surface area contributed by atoms with E-state index < -0.39 is 0 Å². The summed E-state index contributed by atoms with van der Waals surface area (Å²) in [4.78, 5) is 27.9. The van der Waals surface area contributed by atoms with Gasteiger partial charge in [0.25, 0.3) is 0 Å². The molecule has 8 nitrogen and oxygen atoms in total. The minimum Gasteiger partial charge on any atom is -0.446 e. The highest BCUT2D eigenvalue weighted by molar-refractivity contribution is 8.76. The summed E-state index contributed by atoms with van der Waals surface area (Å²) in [6, 6.07) is 5.77. The van der Waals surface area contributed by atoms with Gasteiger partial charge in [-0.15, -0.1) is 0 Å². The average molecular weight is 498 g/mol. The van der Waals surface area contributed by atoms with Crippen molar-refractivity contribution in [1.29, 1.82) is 0 Å². The van der Waals surface area contributed by atoms with Crippen molar-refractivity contribution in [1.82, 2.24) is 15.6 Å². The molecule has 33 heavy (non-hydrogen) atoms. The lowest BCUT2D eigenvalue weighted by molar-refractivity contribution is -0.120. The summed E-state index contributed by atoms with van der Waals surface area (Å²) in [6.07, 6.45) is 11.0. The van der Waals surface area contributed by atoms with E-state index >= 15 is 0 Å². The van der Waals surface area contributed by atoms with Crippen molar-refractivity contribution >= 4 is 33.6 Å². The number of carbonyl (C=O) groups excluding carboxylic acids is 2. The highest BCUT2D eigenvalue weighted by atomic mass is 33.1. The molecule has 2 amide bonds. The van der Waals surface area contributed by atoms with Crippen molar-refractivity contribution in [3.05, 3.63) is 36.5 Å². The van der Waals surface area contributed by atoms with Crippen LogP contribution in [0.1, 0.15) is 38.5 Å². The van der Waals surface area contributed by atoms with Crippen LogP contribution in [0.15, 0.2) is 41.6 Å². The molecule has 1 aliphatic carbocycles. The Kier molecular flexibility index (Phi) is 15.5. The van der Waals surface area contributed by atoms with Gasteiger partial charge in [0.2, 0.25) is 5.91 Å². The summed E-state index contributed by atoms with van der Waals surface area (Å²) in [5.74, 6) is 0.735. The molecular weight excluding hydrogens is 462 g/mol. The van der Waals surface area contributed by atoms with Gasteiger partial charge in [0, 0.05) is 31.5 Å². The first kappa shape index (κ1) is 27.5. The van der Waals surface area contributed by atoms with E-state index in [-0.39, 0.29) is 18.1 Å². The van der Waals surface area contributed by atoms with Gasteiger partial charge in [0.15, 0.2) is 0 Å². The molecule has 1 aromatic heterocycles.